The number of phenolic OH excluding ortho intramolecular Hbond substituents is 1. The quantitative estimate of drug-likeness (QED) is 0.866. The summed E-state index contributed by atoms with van der Waals surface area (Å²) in [6.07, 6.45) is 0.481. The van der Waals surface area contributed by atoms with Gasteiger partial charge in [-0.2, -0.15) is 0 Å². The first-order valence-corrected chi connectivity index (χ1v) is 7.36. The van der Waals surface area contributed by atoms with Crippen LogP contribution >= 0.6 is 27.3 Å². The van der Waals surface area contributed by atoms with E-state index in [1.165, 1.54) is 11.3 Å². The van der Waals surface area contributed by atoms with Crippen molar-refractivity contribution in [3.63, 3.8) is 0 Å². The minimum absolute atomic E-state index is 0.219. The van der Waals surface area contributed by atoms with Gasteiger partial charge >= 0.3 is 5.97 Å². The van der Waals surface area contributed by atoms with Crippen molar-refractivity contribution >= 4 is 33.2 Å². The second-order valence-electron chi connectivity index (χ2n) is 3.80. The molecule has 0 bridgehead atoms. The second kappa shape index (κ2) is 6.16. The van der Waals surface area contributed by atoms with Crippen molar-refractivity contribution in [2.75, 3.05) is 6.61 Å². The molecule has 6 heteroatoms. The summed E-state index contributed by atoms with van der Waals surface area (Å²) in [5.41, 5.74) is 1.08. The fraction of sp³-hybridized carbons (Fsp3) is 0.231. The van der Waals surface area contributed by atoms with Crippen molar-refractivity contribution < 1.29 is 14.6 Å². The van der Waals surface area contributed by atoms with Crippen LogP contribution in [-0.4, -0.2) is 22.7 Å². The minimum atomic E-state index is -0.413. The maximum absolute atomic E-state index is 11.5. The smallest absolute Gasteiger partial charge is 0.357 e. The highest BCUT2D eigenvalue weighted by Crippen LogP contribution is 2.25. The van der Waals surface area contributed by atoms with E-state index in [9.17, 15) is 9.90 Å². The fourth-order valence-electron chi connectivity index (χ4n) is 1.55. The molecule has 0 unspecified atom stereocenters. The minimum Gasteiger partial charge on any atom is -0.508 e. The number of halogens is 1. The number of hydrogen-bond acceptors (Lipinski definition) is 5. The van der Waals surface area contributed by atoms with Crippen LogP contribution in [0.4, 0.5) is 0 Å². The van der Waals surface area contributed by atoms with Crippen LogP contribution in [-0.2, 0) is 11.2 Å². The Bertz CT molecular complexity index is 597. The zero-order valence-electron chi connectivity index (χ0n) is 10.2. The van der Waals surface area contributed by atoms with E-state index in [-0.39, 0.29) is 5.75 Å². The molecular formula is C13H12BrNO3S. The number of nitrogens with zero attached hydrogens (tertiary/aromatic N) is 1. The number of hydrogen-bond donors (Lipinski definition) is 1. The summed E-state index contributed by atoms with van der Waals surface area (Å²) in [5, 5.41) is 12.2. The molecule has 2 rings (SSSR count). The lowest BCUT2D eigenvalue weighted by molar-refractivity contribution is 0.0520. The maximum atomic E-state index is 11.5. The third-order valence-corrected chi connectivity index (χ3v) is 3.76. The molecule has 1 aromatic carbocycles. The molecular weight excluding hydrogens is 330 g/mol. The number of carbonyl (C=O) groups is 1. The predicted octanol–water partition coefficient (Wildman–Crippen LogP) is 3.38. The van der Waals surface area contributed by atoms with Crippen LogP contribution in [0.2, 0.25) is 0 Å². The Morgan fingerprint density at radius 2 is 2.32 bits per heavy atom. The molecule has 0 aliphatic rings. The lowest BCUT2D eigenvalue weighted by Crippen LogP contribution is -2.05. The molecule has 0 amide bonds. The molecule has 0 aliphatic carbocycles. The molecule has 0 spiro atoms. The number of ether oxygens (including phenoxy) is 1. The van der Waals surface area contributed by atoms with E-state index in [1.54, 1.807) is 24.4 Å². The molecule has 0 saturated carbocycles. The average molecular weight is 342 g/mol. The first-order valence-electron chi connectivity index (χ1n) is 5.69. The molecule has 0 aliphatic heterocycles. The van der Waals surface area contributed by atoms with Gasteiger partial charge in [-0.25, -0.2) is 9.78 Å². The van der Waals surface area contributed by atoms with Gasteiger partial charge in [0.15, 0.2) is 5.69 Å². The first-order chi connectivity index (χ1) is 9.10. The van der Waals surface area contributed by atoms with Crippen molar-refractivity contribution in [2.45, 2.75) is 13.3 Å². The number of esters is 1. The van der Waals surface area contributed by atoms with Gasteiger partial charge < -0.3 is 9.84 Å². The molecule has 0 fully saturated rings. The van der Waals surface area contributed by atoms with E-state index >= 15 is 0 Å². The van der Waals surface area contributed by atoms with Crippen LogP contribution < -0.4 is 0 Å². The Labute approximate surface area is 123 Å². The van der Waals surface area contributed by atoms with Gasteiger partial charge in [0.1, 0.15) is 5.75 Å². The summed E-state index contributed by atoms with van der Waals surface area (Å²) in [5.74, 6) is -0.195. The summed E-state index contributed by atoms with van der Waals surface area (Å²) >= 11 is 4.73. The maximum Gasteiger partial charge on any atom is 0.357 e. The number of aromatic hydroxyl groups is 1. The summed E-state index contributed by atoms with van der Waals surface area (Å²) in [6.45, 7) is 2.09. The van der Waals surface area contributed by atoms with Crippen LogP contribution in [0.15, 0.2) is 28.1 Å². The van der Waals surface area contributed by atoms with Gasteiger partial charge in [-0.15, -0.1) is 11.3 Å². The van der Waals surface area contributed by atoms with Crippen LogP contribution in [0.25, 0.3) is 0 Å². The molecule has 4 nitrogen and oxygen atoms in total. The summed E-state index contributed by atoms with van der Waals surface area (Å²) in [7, 11) is 0. The summed E-state index contributed by atoms with van der Waals surface area (Å²) in [4.78, 5) is 15.7. The monoisotopic (exact) mass is 341 g/mol. The SMILES string of the molecule is CCOC(=O)c1csc(Cc2cc(Br)ccc2O)n1. The van der Waals surface area contributed by atoms with Gasteiger partial charge in [-0.1, -0.05) is 15.9 Å². The van der Waals surface area contributed by atoms with Gasteiger partial charge in [0.2, 0.25) is 0 Å². The lowest BCUT2D eigenvalue weighted by Gasteiger charge is -2.02. The van der Waals surface area contributed by atoms with Gasteiger partial charge in [-0.3, -0.25) is 0 Å². The standard InChI is InChI=1S/C13H12BrNO3S/c1-2-18-13(17)10-7-19-12(15-10)6-8-5-9(14)3-4-11(8)16/h3-5,7,16H,2,6H2,1H3. The van der Waals surface area contributed by atoms with E-state index in [2.05, 4.69) is 20.9 Å². The van der Waals surface area contributed by atoms with Crippen molar-refractivity contribution in [2.24, 2.45) is 0 Å². The van der Waals surface area contributed by atoms with Gasteiger partial charge in [-0.05, 0) is 25.1 Å². The third-order valence-electron chi connectivity index (χ3n) is 2.42. The zero-order valence-corrected chi connectivity index (χ0v) is 12.6. The molecule has 1 aromatic heterocycles. The van der Waals surface area contributed by atoms with Crippen molar-refractivity contribution in [3.8, 4) is 5.75 Å². The molecule has 100 valence electrons. The zero-order chi connectivity index (χ0) is 13.8. The Morgan fingerprint density at radius 1 is 1.53 bits per heavy atom. The number of carbonyl (C=O) groups excluding carboxylic acids is 1. The largest absolute Gasteiger partial charge is 0.508 e. The first kappa shape index (κ1) is 14.0. The highest BCUT2D eigenvalue weighted by atomic mass is 79.9. The Kier molecular flexibility index (Phi) is 4.55. The normalized spacial score (nSPS) is 10.4. The highest BCUT2D eigenvalue weighted by Gasteiger charge is 2.13. The van der Waals surface area contributed by atoms with Crippen molar-refractivity contribution in [1.82, 2.24) is 4.98 Å². The Hall–Kier alpha value is -1.40. The predicted molar refractivity (Wildman–Crippen MR) is 76.7 cm³/mol. The Morgan fingerprint density at radius 3 is 3.05 bits per heavy atom. The molecule has 0 radical (unpaired) electrons. The van der Waals surface area contributed by atoms with Crippen molar-refractivity contribution in [3.05, 3.63) is 44.3 Å². The summed E-state index contributed by atoms with van der Waals surface area (Å²) in [6, 6.07) is 5.23. The Balaban J connectivity index is 2.15. The third kappa shape index (κ3) is 3.54. The molecule has 2 aromatic rings. The van der Waals surface area contributed by atoms with Crippen molar-refractivity contribution in [1.29, 1.82) is 0 Å². The van der Waals surface area contributed by atoms with Crippen LogP contribution in [0.5, 0.6) is 5.75 Å². The van der Waals surface area contributed by atoms with Gasteiger partial charge in [0.25, 0.3) is 0 Å². The fourth-order valence-corrected chi connectivity index (χ4v) is 2.74. The van der Waals surface area contributed by atoms with E-state index in [0.29, 0.717) is 18.7 Å². The molecule has 0 saturated heterocycles. The van der Waals surface area contributed by atoms with E-state index in [4.69, 9.17) is 4.74 Å². The number of rotatable bonds is 4. The van der Waals surface area contributed by atoms with E-state index in [0.717, 1.165) is 15.0 Å². The number of phenols is 1. The molecule has 0 atom stereocenters. The van der Waals surface area contributed by atoms with E-state index in [1.807, 2.05) is 6.07 Å². The van der Waals surface area contributed by atoms with Crippen LogP contribution in [0, 0.1) is 0 Å². The number of thiazole rings is 1. The molecule has 1 heterocycles. The van der Waals surface area contributed by atoms with Crippen LogP contribution in [0.1, 0.15) is 28.0 Å². The van der Waals surface area contributed by atoms with Gasteiger partial charge in [0, 0.05) is 21.8 Å². The van der Waals surface area contributed by atoms with Crippen LogP contribution in [0.3, 0.4) is 0 Å². The van der Waals surface area contributed by atoms with Gasteiger partial charge in [0.05, 0.1) is 11.6 Å². The molecule has 19 heavy (non-hydrogen) atoms. The molecule has 1 N–H and O–H groups in total. The topological polar surface area (TPSA) is 59.4 Å². The van der Waals surface area contributed by atoms with E-state index < -0.39 is 5.97 Å². The average Bonchev–Trinajstić information content (AvgIpc) is 2.83. The lowest BCUT2D eigenvalue weighted by atomic mass is 10.1. The summed E-state index contributed by atoms with van der Waals surface area (Å²) < 4.78 is 5.77. The highest BCUT2D eigenvalue weighted by molar-refractivity contribution is 9.10. The second-order valence-corrected chi connectivity index (χ2v) is 5.66. The number of benzene rings is 1. The number of aromatic nitrogens is 1.